The highest BCUT2D eigenvalue weighted by atomic mass is 19.1. The number of primary amides is 1. The number of benzene rings is 1. The summed E-state index contributed by atoms with van der Waals surface area (Å²) in [7, 11) is 1.35. The van der Waals surface area contributed by atoms with Crippen LogP contribution in [0.5, 0.6) is 5.75 Å². The van der Waals surface area contributed by atoms with Crippen LogP contribution in [-0.2, 0) is 15.1 Å². The number of rotatable bonds is 5. The van der Waals surface area contributed by atoms with E-state index in [2.05, 4.69) is 25.6 Å². The molecule has 1 aliphatic rings. The van der Waals surface area contributed by atoms with Crippen molar-refractivity contribution in [3.05, 3.63) is 41.2 Å². The van der Waals surface area contributed by atoms with Crippen LogP contribution in [0.4, 0.5) is 10.1 Å². The molecule has 2 heterocycles. The van der Waals surface area contributed by atoms with Crippen molar-refractivity contribution in [1.82, 2.24) is 15.3 Å². The molecular weight excluding hydrogens is 355 g/mol. The van der Waals surface area contributed by atoms with Gasteiger partial charge in [-0.3, -0.25) is 19.9 Å². The maximum Gasteiger partial charge on any atom is 0.272 e. The van der Waals surface area contributed by atoms with Crippen molar-refractivity contribution in [3.8, 4) is 5.75 Å². The van der Waals surface area contributed by atoms with E-state index in [9.17, 15) is 14.0 Å². The average molecular weight is 374 g/mol. The second-order valence-electron chi connectivity index (χ2n) is 6.02. The summed E-state index contributed by atoms with van der Waals surface area (Å²) in [6.07, 6.45) is 0. The monoisotopic (exact) mass is 374 g/mol. The molecule has 1 atom stereocenters. The molecule has 0 radical (unpaired) electrons. The smallest absolute Gasteiger partial charge is 0.272 e. The number of carbonyl (C=O) groups excluding carboxylic acids is 2. The zero-order valence-corrected chi connectivity index (χ0v) is 15.0. The van der Waals surface area contributed by atoms with E-state index in [-0.39, 0.29) is 29.6 Å². The number of nitrogens with one attached hydrogen (secondary N) is 3. The highest BCUT2D eigenvalue weighted by Gasteiger charge is 2.52. The number of anilines is 1. The van der Waals surface area contributed by atoms with E-state index in [0.29, 0.717) is 5.69 Å². The van der Waals surface area contributed by atoms with Gasteiger partial charge in [-0.2, -0.15) is 0 Å². The number of aromatic amines is 1. The topological polar surface area (TPSA) is 134 Å². The van der Waals surface area contributed by atoms with Crippen LogP contribution in [0.2, 0.25) is 0 Å². The van der Waals surface area contributed by atoms with E-state index in [1.807, 2.05) is 0 Å². The van der Waals surface area contributed by atoms with Gasteiger partial charge in [0.2, 0.25) is 5.54 Å². The van der Waals surface area contributed by atoms with Gasteiger partial charge < -0.3 is 20.8 Å². The van der Waals surface area contributed by atoms with Gasteiger partial charge in [-0.25, -0.2) is 9.37 Å². The van der Waals surface area contributed by atoms with Crippen LogP contribution < -0.4 is 21.1 Å². The summed E-state index contributed by atoms with van der Waals surface area (Å²) in [4.78, 5) is 36.5. The van der Waals surface area contributed by atoms with E-state index in [4.69, 9.17) is 10.5 Å². The molecule has 0 bridgehead atoms. The quantitative estimate of drug-likeness (QED) is 0.604. The summed E-state index contributed by atoms with van der Waals surface area (Å²) in [5.74, 6) is -2.07. The zero-order chi connectivity index (χ0) is 19.8. The first-order valence-corrected chi connectivity index (χ1v) is 8.08. The van der Waals surface area contributed by atoms with Crippen LogP contribution in [0.15, 0.2) is 23.2 Å². The third-order valence-corrected chi connectivity index (χ3v) is 4.44. The standard InChI is InChI=1S/C17H19FN6O3/c1-8-9(2)23-16(22-8)17(15(19)26)13(20-7-21-17)14(25)24-12-10(18)5-4-6-11(12)27-3/h4-6,21H,7H2,1-3H3,(H2,19,26)(H,22,23)(H,24,25). The van der Waals surface area contributed by atoms with Gasteiger partial charge >= 0.3 is 0 Å². The molecule has 3 rings (SSSR count). The van der Waals surface area contributed by atoms with Gasteiger partial charge in [-0.05, 0) is 26.0 Å². The Morgan fingerprint density at radius 1 is 1.37 bits per heavy atom. The molecule has 0 fully saturated rings. The number of H-pyrrole nitrogens is 1. The molecule has 142 valence electrons. The molecule has 9 nitrogen and oxygen atoms in total. The van der Waals surface area contributed by atoms with E-state index in [0.717, 1.165) is 5.69 Å². The molecule has 2 amide bonds. The normalized spacial score (nSPS) is 18.9. The first kappa shape index (κ1) is 18.5. The molecule has 27 heavy (non-hydrogen) atoms. The fraction of sp³-hybridized carbons (Fsp3) is 0.294. The van der Waals surface area contributed by atoms with E-state index in [1.165, 1.54) is 25.3 Å². The predicted octanol–water partition coefficient (Wildman–Crippen LogP) is 0.495. The van der Waals surface area contributed by atoms with Gasteiger partial charge in [-0.15, -0.1) is 0 Å². The Kier molecular flexibility index (Phi) is 4.66. The molecule has 1 aromatic heterocycles. The number of carbonyl (C=O) groups is 2. The van der Waals surface area contributed by atoms with E-state index >= 15 is 0 Å². The number of aromatic nitrogens is 2. The van der Waals surface area contributed by atoms with Crippen molar-refractivity contribution in [1.29, 1.82) is 0 Å². The Labute approximate surface area is 154 Å². The molecule has 10 heteroatoms. The summed E-state index contributed by atoms with van der Waals surface area (Å²) in [6, 6.07) is 4.11. The van der Waals surface area contributed by atoms with Crippen molar-refractivity contribution in [2.24, 2.45) is 10.7 Å². The lowest BCUT2D eigenvalue weighted by molar-refractivity contribution is -0.123. The Morgan fingerprint density at radius 2 is 2.11 bits per heavy atom. The third-order valence-electron chi connectivity index (χ3n) is 4.44. The van der Waals surface area contributed by atoms with Crippen molar-refractivity contribution in [2.45, 2.75) is 19.4 Å². The number of ether oxygens (including phenoxy) is 1. The average Bonchev–Trinajstić information content (AvgIpc) is 3.21. The second-order valence-corrected chi connectivity index (χ2v) is 6.02. The zero-order valence-electron chi connectivity index (χ0n) is 15.0. The van der Waals surface area contributed by atoms with Crippen LogP contribution in [0.1, 0.15) is 17.2 Å². The molecule has 0 saturated carbocycles. The van der Waals surface area contributed by atoms with Crippen molar-refractivity contribution >= 4 is 23.2 Å². The van der Waals surface area contributed by atoms with Gasteiger partial charge in [0.25, 0.3) is 11.8 Å². The number of nitrogens with two attached hydrogens (primary N) is 1. The summed E-state index contributed by atoms with van der Waals surface area (Å²) in [6.45, 7) is 3.50. The number of aryl methyl sites for hydroxylation is 2. The van der Waals surface area contributed by atoms with Crippen molar-refractivity contribution in [2.75, 3.05) is 19.1 Å². The fourth-order valence-corrected chi connectivity index (χ4v) is 2.89. The molecule has 2 aromatic rings. The maximum atomic E-state index is 14.2. The highest BCUT2D eigenvalue weighted by molar-refractivity contribution is 6.50. The number of halogens is 1. The highest BCUT2D eigenvalue weighted by Crippen LogP contribution is 2.30. The minimum absolute atomic E-state index is 0.0289. The largest absolute Gasteiger partial charge is 0.494 e. The molecule has 1 unspecified atom stereocenters. The van der Waals surface area contributed by atoms with Crippen LogP contribution in [0.25, 0.3) is 0 Å². The van der Waals surface area contributed by atoms with Crippen LogP contribution >= 0.6 is 0 Å². The van der Waals surface area contributed by atoms with Gasteiger partial charge in [-0.1, -0.05) is 6.07 Å². The Bertz CT molecular complexity index is 935. The lowest BCUT2D eigenvalue weighted by Crippen LogP contribution is -2.58. The Balaban J connectivity index is 2.02. The Morgan fingerprint density at radius 3 is 2.70 bits per heavy atom. The van der Waals surface area contributed by atoms with Gasteiger partial charge in [0.15, 0.2) is 5.82 Å². The predicted molar refractivity (Wildman–Crippen MR) is 96.0 cm³/mol. The molecule has 0 aliphatic carbocycles. The number of methoxy groups -OCH3 is 1. The molecule has 0 saturated heterocycles. The summed E-state index contributed by atoms with van der Waals surface area (Å²) >= 11 is 0. The molecule has 1 aliphatic heterocycles. The van der Waals surface area contributed by atoms with Crippen LogP contribution in [0, 0.1) is 19.7 Å². The van der Waals surface area contributed by atoms with Gasteiger partial charge in [0.05, 0.1) is 19.5 Å². The lowest BCUT2D eigenvalue weighted by atomic mass is 9.91. The number of nitrogens with zero attached hydrogens (tertiary/aromatic N) is 2. The van der Waals surface area contributed by atoms with Crippen molar-refractivity contribution < 1.29 is 18.7 Å². The van der Waals surface area contributed by atoms with E-state index in [1.54, 1.807) is 13.8 Å². The number of amides is 2. The Hall–Kier alpha value is -3.27. The lowest BCUT2D eigenvalue weighted by Gasteiger charge is -2.25. The summed E-state index contributed by atoms with van der Waals surface area (Å²) in [5, 5.41) is 5.24. The minimum Gasteiger partial charge on any atom is -0.494 e. The van der Waals surface area contributed by atoms with Crippen LogP contribution in [0.3, 0.4) is 0 Å². The first-order valence-electron chi connectivity index (χ1n) is 8.08. The molecular formula is C17H19FN6O3. The molecule has 1 aromatic carbocycles. The minimum atomic E-state index is -1.75. The number of hydrogen-bond donors (Lipinski definition) is 4. The van der Waals surface area contributed by atoms with Crippen LogP contribution in [-0.4, -0.2) is 41.3 Å². The maximum absolute atomic E-state index is 14.2. The number of hydrogen-bond acceptors (Lipinski definition) is 6. The number of para-hydroxylation sites is 1. The van der Waals surface area contributed by atoms with Gasteiger partial charge in [0.1, 0.15) is 23.0 Å². The molecule has 5 N–H and O–H groups in total. The summed E-state index contributed by atoms with van der Waals surface area (Å²) in [5.41, 5.74) is 4.85. The van der Waals surface area contributed by atoms with Crippen molar-refractivity contribution in [3.63, 3.8) is 0 Å². The third kappa shape index (κ3) is 2.93. The summed E-state index contributed by atoms with van der Waals surface area (Å²) < 4.78 is 19.2. The van der Waals surface area contributed by atoms with E-state index < -0.39 is 23.2 Å². The second kappa shape index (κ2) is 6.80. The molecule has 0 spiro atoms. The number of imidazole rings is 1. The first-order chi connectivity index (χ1) is 12.8. The fourth-order valence-electron chi connectivity index (χ4n) is 2.89. The SMILES string of the molecule is COc1cccc(F)c1NC(=O)C1=NCNC1(C(N)=O)c1nc(C)c(C)[nH]1. The van der Waals surface area contributed by atoms with Gasteiger partial charge in [0, 0.05) is 5.69 Å². The number of aliphatic imine (C=N–C) groups is 1.